The van der Waals surface area contributed by atoms with Gasteiger partial charge >= 0.3 is 6.03 Å². The highest BCUT2D eigenvalue weighted by Gasteiger charge is 2.05. The van der Waals surface area contributed by atoms with Crippen molar-refractivity contribution in [1.82, 2.24) is 14.9 Å². The van der Waals surface area contributed by atoms with Gasteiger partial charge in [-0.3, -0.25) is 0 Å². The van der Waals surface area contributed by atoms with E-state index in [2.05, 4.69) is 15.6 Å². The fraction of sp³-hybridized carbons (Fsp3) is 0.111. The van der Waals surface area contributed by atoms with Gasteiger partial charge in [0.1, 0.15) is 5.82 Å². The maximum Gasteiger partial charge on any atom is 0.319 e. The molecule has 2 amide bonds. The van der Waals surface area contributed by atoms with Crippen LogP contribution in [0.4, 0.5) is 14.9 Å². The van der Waals surface area contributed by atoms with E-state index in [4.69, 9.17) is 11.6 Å². The Labute approximate surface area is 149 Å². The van der Waals surface area contributed by atoms with Gasteiger partial charge in [-0.25, -0.2) is 14.2 Å². The van der Waals surface area contributed by atoms with Gasteiger partial charge in [-0.1, -0.05) is 35.9 Å². The van der Waals surface area contributed by atoms with Crippen LogP contribution in [0.25, 0.3) is 0 Å². The van der Waals surface area contributed by atoms with Crippen LogP contribution < -0.4 is 10.6 Å². The molecule has 0 radical (unpaired) electrons. The molecule has 0 fully saturated rings. The Hall–Kier alpha value is -2.86. The molecule has 0 unspecified atom stereocenters. The molecule has 0 atom stereocenters. The fourth-order valence-electron chi connectivity index (χ4n) is 2.29. The minimum atomic E-state index is -0.576. The Morgan fingerprint density at radius 1 is 1.16 bits per heavy atom. The van der Waals surface area contributed by atoms with E-state index in [0.717, 1.165) is 17.7 Å². The molecule has 5 nitrogen and oxygen atoms in total. The summed E-state index contributed by atoms with van der Waals surface area (Å²) in [6.45, 7) is 1.11. The lowest BCUT2D eigenvalue weighted by Gasteiger charge is -2.09. The van der Waals surface area contributed by atoms with Gasteiger partial charge in [-0.15, -0.1) is 0 Å². The van der Waals surface area contributed by atoms with Crippen LogP contribution in [-0.2, 0) is 13.1 Å². The number of amides is 2. The first kappa shape index (κ1) is 17.0. The molecule has 0 saturated heterocycles. The lowest BCUT2D eigenvalue weighted by molar-refractivity contribution is 0.251. The predicted octanol–water partition coefficient (Wildman–Crippen LogP) is 4.05. The molecule has 0 bridgehead atoms. The van der Waals surface area contributed by atoms with Crippen LogP contribution in [0.2, 0.25) is 5.02 Å². The Morgan fingerprint density at radius 3 is 2.60 bits per heavy atom. The van der Waals surface area contributed by atoms with Crippen molar-refractivity contribution in [3.8, 4) is 0 Å². The van der Waals surface area contributed by atoms with Crippen molar-refractivity contribution >= 4 is 23.3 Å². The van der Waals surface area contributed by atoms with Crippen LogP contribution in [0.1, 0.15) is 11.1 Å². The van der Waals surface area contributed by atoms with Gasteiger partial charge in [-0.05, 0) is 29.3 Å². The second-order valence-electron chi connectivity index (χ2n) is 5.49. The van der Waals surface area contributed by atoms with E-state index in [1.165, 1.54) is 18.2 Å². The fourth-order valence-corrected chi connectivity index (χ4v) is 2.40. The minimum absolute atomic E-state index is 0.0155. The Balaban J connectivity index is 1.50. The van der Waals surface area contributed by atoms with Gasteiger partial charge in [0.15, 0.2) is 0 Å². The number of benzene rings is 2. The van der Waals surface area contributed by atoms with Crippen LogP contribution in [0.3, 0.4) is 0 Å². The first-order valence-corrected chi connectivity index (χ1v) is 8.01. The number of halogens is 2. The van der Waals surface area contributed by atoms with Crippen LogP contribution in [0.5, 0.6) is 0 Å². The van der Waals surface area contributed by atoms with E-state index in [1.807, 2.05) is 35.0 Å². The van der Waals surface area contributed by atoms with Crippen molar-refractivity contribution in [3.63, 3.8) is 0 Å². The lowest BCUT2D eigenvalue weighted by Crippen LogP contribution is -2.28. The zero-order valence-corrected chi connectivity index (χ0v) is 14.0. The van der Waals surface area contributed by atoms with Crippen molar-refractivity contribution < 1.29 is 9.18 Å². The number of nitrogens with zero attached hydrogens (tertiary/aromatic N) is 2. The van der Waals surface area contributed by atoms with Crippen LogP contribution >= 0.6 is 11.6 Å². The topological polar surface area (TPSA) is 59.0 Å². The molecule has 128 valence electrons. The zero-order chi connectivity index (χ0) is 17.6. The first-order valence-electron chi connectivity index (χ1n) is 7.63. The number of hydrogen-bond acceptors (Lipinski definition) is 2. The number of hydrogen-bond donors (Lipinski definition) is 2. The normalized spacial score (nSPS) is 10.5. The SMILES string of the molecule is O=C(NCc1ccc(Cn2ccnc2)cc1)Nc1ccc(Cl)c(F)c1. The van der Waals surface area contributed by atoms with Crippen LogP contribution in [-0.4, -0.2) is 15.6 Å². The molecule has 3 aromatic rings. The number of carbonyl (C=O) groups excluding carboxylic acids is 1. The quantitative estimate of drug-likeness (QED) is 0.723. The van der Waals surface area contributed by atoms with Gasteiger partial charge in [0.05, 0.1) is 11.3 Å². The van der Waals surface area contributed by atoms with Crippen molar-refractivity contribution in [2.75, 3.05) is 5.32 Å². The second-order valence-corrected chi connectivity index (χ2v) is 5.90. The Bertz CT molecular complexity index is 850. The summed E-state index contributed by atoms with van der Waals surface area (Å²) < 4.78 is 15.3. The summed E-state index contributed by atoms with van der Waals surface area (Å²) in [7, 11) is 0. The van der Waals surface area contributed by atoms with Crippen LogP contribution in [0, 0.1) is 5.82 Å². The van der Waals surface area contributed by atoms with E-state index in [9.17, 15) is 9.18 Å². The third-order valence-electron chi connectivity index (χ3n) is 3.58. The third-order valence-corrected chi connectivity index (χ3v) is 3.88. The van der Waals surface area contributed by atoms with Crippen molar-refractivity contribution in [2.24, 2.45) is 0 Å². The van der Waals surface area contributed by atoms with E-state index >= 15 is 0 Å². The monoisotopic (exact) mass is 358 g/mol. The number of rotatable bonds is 5. The summed E-state index contributed by atoms with van der Waals surface area (Å²) in [4.78, 5) is 15.9. The summed E-state index contributed by atoms with van der Waals surface area (Å²) >= 11 is 5.61. The number of imidazole rings is 1. The van der Waals surface area contributed by atoms with E-state index < -0.39 is 11.8 Å². The van der Waals surface area contributed by atoms with E-state index in [0.29, 0.717) is 12.2 Å². The molecule has 0 aliphatic rings. The van der Waals surface area contributed by atoms with Crippen LogP contribution in [0.15, 0.2) is 61.2 Å². The number of aromatic nitrogens is 2. The summed E-state index contributed by atoms with van der Waals surface area (Å²) in [5, 5.41) is 5.30. The molecule has 25 heavy (non-hydrogen) atoms. The number of carbonyl (C=O) groups is 1. The molecule has 2 aromatic carbocycles. The summed E-state index contributed by atoms with van der Waals surface area (Å²) in [6.07, 6.45) is 5.41. The minimum Gasteiger partial charge on any atom is -0.334 e. The van der Waals surface area contributed by atoms with Crippen molar-refractivity contribution in [3.05, 3.63) is 83.2 Å². The highest BCUT2D eigenvalue weighted by molar-refractivity contribution is 6.30. The maximum atomic E-state index is 13.3. The predicted molar refractivity (Wildman–Crippen MR) is 95.0 cm³/mol. The summed E-state index contributed by atoms with van der Waals surface area (Å²) in [6, 6.07) is 11.6. The highest BCUT2D eigenvalue weighted by atomic mass is 35.5. The molecule has 2 N–H and O–H groups in total. The lowest BCUT2D eigenvalue weighted by atomic mass is 10.1. The van der Waals surface area contributed by atoms with Gasteiger partial charge < -0.3 is 15.2 Å². The molecule has 0 aliphatic carbocycles. The van der Waals surface area contributed by atoms with Crippen molar-refractivity contribution in [1.29, 1.82) is 0 Å². The standard InChI is InChI=1S/C18H16ClFN4O/c19-16-6-5-15(9-17(16)20)23-18(25)22-10-13-1-3-14(4-2-13)11-24-8-7-21-12-24/h1-9,12H,10-11H2,(H2,22,23,25). The molecule has 3 rings (SSSR count). The number of nitrogens with one attached hydrogen (secondary N) is 2. The highest BCUT2D eigenvalue weighted by Crippen LogP contribution is 2.18. The molecule has 0 spiro atoms. The molecular formula is C18H16ClFN4O. The molecule has 1 heterocycles. The van der Waals surface area contributed by atoms with Crippen molar-refractivity contribution in [2.45, 2.75) is 13.1 Å². The smallest absolute Gasteiger partial charge is 0.319 e. The second kappa shape index (κ2) is 7.81. The van der Waals surface area contributed by atoms with Gasteiger partial charge in [0.2, 0.25) is 0 Å². The van der Waals surface area contributed by atoms with Gasteiger partial charge in [-0.2, -0.15) is 0 Å². The average Bonchev–Trinajstić information content (AvgIpc) is 3.11. The van der Waals surface area contributed by atoms with E-state index in [-0.39, 0.29) is 5.02 Å². The molecule has 0 saturated carbocycles. The molecule has 0 aliphatic heterocycles. The summed E-state index contributed by atoms with van der Waals surface area (Å²) in [5.41, 5.74) is 2.45. The Kier molecular flexibility index (Phi) is 5.30. The number of urea groups is 1. The Morgan fingerprint density at radius 2 is 1.92 bits per heavy atom. The zero-order valence-electron chi connectivity index (χ0n) is 13.2. The maximum absolute atomic E-state index is 13.3. The van der Waals surface area contributed by atoms with E-state index in [1.54, 1.807) is 12.5 Å². The number of anilines is 1. The largest absolute Gasteiger partial charge is 0.334 e. The average molecular weight is 359 g/mol. The first-order chi connectivity index (χ1) is 12.1. The van der Waals surface area contributed by atoms with Gasteiger partial charge in [0, 0.05) is 31.2 Å². The molecular weight excluding hydrogens is 343 g/mol. The third kappa shape index (κ3) is 4.81. The molecule has 7 heteroatoms. The summed E-state index contributed by atoms with van der Waals surface area (Å²) in [5.74, 6) is -0.576. The van der Waals surface area contributed by atoms with Gasteiger partial charge in [0.25, 0.3) is 0 Å². The molecule has 1 aromatic heterocycles.